The minimum absolute atomic E-state index is 0.0430. The first-order valence-electron chi connectivity index (χ1n) is 5.62. The van der Waals surface area contributed by atoms with Crippen molar-refractivity contribution in [1.82, 2.24) is 9.55 Å². The van der Waals surface area contributed by atoms with Gasteiger partial charge in [-0.05, 0) is 13.3 Å². The molecule has 1 rings (SSSR count). The third-order valence-corrected chi connectivity index (χ3v) is 2.72. The highest BCUT2D eigenvalue weighted by atomic mass is 35.5. The molecule has 0 saturated heterocycles. The molecule has 0 aliphatic rings. The molecule has 16 heavy (non-hydrogen) atoms. The SMILES string of the molecule is CCCC(Cl)CNc1nccn(CC)c1=O. The quantitative estimate of drug-likeness (QED) is 0.779. The Balaban J connectivity index is 2.64. The Labute approximate surface area is 101 Å². The summed E-state index contributed by atoms with van der Waals surface area (Å²) in [4.78, 5) is 15.8. The van der Waals surface area contributed by atoms with Crippen molar-refractivity contribution in [1.29, 1.82) is 0 Å². The van der Waals surface area contributed by atoms with Crippen molar-refractivity contribution in [2.24, 2.45) is 0 Å². The normalized spacial score (nSPS) is 12.4. The maximum absolute atomic E-state index is 11.8. The van der Waals surface area contributed by atoms with Gasteiger partial charge < -0.3 is 9.88 Å². The molecule has 0 fully saturated rings. The van der Waals surface area contributed by atoms with Gasteiger partial charge in [0.1, 0.15) is 0 Å². The maximum Gasteiger partial charge on any atom is 0.293 e. The fourth-order valence-electron chi connectivity index (χ4n) is 1.44. The first-order chi connectivity index (χ1) is 7.69. The molecule has 4 nitrogen and oxygen atoms in total. The van der Waals surface area contributed by atoms with Gasteiger partial charge >= 0.3 is 0 Å². The van der Waals surface area contributed by atoms with E-state index >= 15 is 0 Å². The van der Waals surface area contributed by atoms with E-state index in [2.05, 4.69) is 17.2 Å². The molecule has 5 heteroatoms. The first kappa shape index (κ1) is 13.0. The first-order valence-corrected chi connectivity index (χ1v) is 6.06. The van der Waals surface area contributed by atoms with Gasteiger partial charge in [0, 0.05) is 25.5 Å². The molecule has 0 aliphatic heterocycles. The zero-order chi connectivity index (χ0) is 12.0. The lowest BCUT2D eigenvalue weighted by Gasteiger charge is -2.10. The molecule has 90 valence electrons. The van der Waals surface area contributed by atoms with Gasteiger partial charge in [0.05, 0.1) is 5.38 Å². The number of hydrogen-bond acceptors (Lipinski definition) is 3. The van der Waals surface area contributed by atoms with Gasteiger partial charge in [-0.1, -0.05) is 13.3 Å². The van der Waals surface area contributed by atoms with Crippen LogP contribution in [-0.2, 0) is 6.54 Å². The molecule has 0 radical (unpaired) electrons. The van der Waals surface area contributed by atoms with Gasteiger partial charge in [-0.2, -0.15) is 0 Å². The number of anilines is 1. The van der Waals surface area contributed by atoms with Crippen LogP contribution in [0.4, 0.5) is 5.82 Å². The number of aromatic nitrogens is 2. The zero-order valence-corrected chi connectivity index (χ0v) is 10.5. The van der Waals surface area contributed by atoms with E-state index in [0.29, 0.717) is 18.9 Å². The summed E-state index contributed by atoms with van der Waals surface area (Å²) >= 11 is 6.06. The Bertz CT molecular complexity index is 378. The summed E-state index contributed by atoms with van der Waals surface area (Å²) in [5, 5.41) is 3.04. The number of halogens is 1. The number of nitrogens with zero attached hydrogens (tertiary/aromatic N) is 2. The number of nitrogens with one attached hydrogen (secondary N) is 1. The van der Waals surface area contributed by atoms with Crippen molar-refractivity contribution >= 4 is 17.4 Å². The van der Waals surface area contributed by atoms with E-state index in [1.807, 2.05) is 6.92 Å². The highest BCUT2D eigenvalue weighted by molar-refractivity contribution is 6.20. The topological polar surface area (TPSA) is 46.9 Å². The number of rotatable bonds is 6. The average Bonchev–Trinajstić information content (AvgIpc) is 2.28. The summed E-state index contributed by atoms with van der Waals surface area (Å²) in [5.41, 5.74) is -0.0923. The summed E-state index contributed by atoms with van der Waals surface area (Å²) < 4.78 is 1.61. The van der Waals surface area contributed by atoms with E-state index in [4.69, 9.17) is 11.6 Å². The highest BCUT2D eigenvalue weighted by Gasteiger charge is 2.06. The maximum atomic E-state index is 11.8. The summed E-state index contributed by atoms with van der Waals surface area (Å²) in [6.45, 7) is 5.23. The van der Waals surface area contributed by atoms with Gasteiger partial charge in [0.15, 0.2) is 5.82 Å². The summed E-state index contributed by atoms with van der Waals surface area (Å²) in [7, 11) is 0. The molecule has 1 N–H and O–H groups in total. The zero-order valence-electron chi connectivity index (χ0n) is 9.74. The molecular weight excluding hydrogens is 226 g/mol. The fourth-order valence-corrected chi connectivity index (χ4v) is 1.74. The molecule has 0 aromatic carbocycles. The molecule has 0 aliphatic carbocycles. The fraction of sp³-hybridized carbons (Fsp3) is 0.636. The second kappa shape index (κ2) is 6.53. The van der Waals surface area contributed by atoms with Crippen molar-refractivity contribution in [2.75, 3.05) is 11.9 Å². The largest absolute Gasteiger partial charge is 0.364 e. The Morgan fingerprint density at radius 2 is 2.31 bits per heavy atom. The van der Waals surface area contributed by atoms with Crippen molar-refractivity contribution in [3.63, 3.8) is 0 Å². The molecule has 1 aromatic rings. The number of alkyl halides is 1. The molecule has 1 aromatic heterocycles. The molecule has 0 saturated carbocycles. The molecular formula is C11H18ClN3O. The van der Waals surface area contributed by atoms with Gasteiger partial charge in [-0.25, -0.2) is 4.98 Å². The predicted molar refractivity (Wildman–Crippen MR) is 67.2 cm³/mol. The Hall–Kier alpha value is -1.03. The lowest BCUT2D eigenvalue weighted by atomic mass is 10.2. The van der Waals surface area contributed by atoms with Crippen LogP contribution >= 0.6 is 11.6 Å². The summed E-state index contributed by atoms with van der Waals surface area (Å²) in [5.74, 6) is 0.381. The van der Waals surface area contributed by atoms with Crippen LogP contribution in [0.5, 0.6) is 0 Å². The predicted octanol–water partition coefficient (Wildman–Crippen LogP) is 2.08. The van der Waals surface area contributed by atoms with Gasteiger partial charge in [-0.15, -0.1) is 11.6 Å². The number of hydrogen-bond donors (Lipinski definition) is 1. The van der Waals surface area contributed by atoms with Gasteiger partial charge in [0.25, 0.3) is 5.56 Å². The third-order valence-electron chi connectivity index (χ3n) is 2.35. The third kappa shape index (κ3) is 3.52. The Morgan fingerprint density at radius 3 is 2.94 bits per heavy atom. The van der Waals surface area contributed by atoms with E-state index in [0.717, 1.165) is 12.8 Å². The molecule has 1 atom stereocenters. The monoisotopic (exact) mass is 243 g/mol. The highest BCUT2D eigenvalue weighted by Crippen LogP contribution is 2.05. The van der Waals surface area contributed by atoms with Gasteiger partial charge in [-0.3, -0.25) is 4.79 Å². The van der Waals surface area contributed by atoms with E-state index in [9.17, 15) is 4.79 Å². The van der Waals surface area contributed by atoms with E-state index < -0.39 is 0 Å². The standard InChI is InChI=1S/C11H18ClN3O/c1-3-5-9(12)8-14-10-11(16)15(4-2)7-6-13-10/h6-7,9H,3-5,8H2,1-2H3,(H,13,14). The van der Waals surface area contributed by atoms with E-state index in [1.165, 1.54) is 0 Å². The van der Waals surface area contributed by atoms with Crippen LogP contribution < -0.4 is 10.9 Å². The van der Waals surface area contributed by atoms with Crippen LogP contribution in [0.2, 0.25) is 0 Å². The minimum Gasteiger partial charge on any atom is -0.364 e. The van der Waals surface area contributed by atoms with Crippen LogP contribution in [-0.4, -0.2) is 21.5 Å². The molecule has 1 unspecified atom stereocenters. The number of aryl methyl sites for hydroxylation is 1. The summed E-state index contributed by atoms with van der Waals surface area (Å²) in [6.07, 6.45) is 5.27. The smallest absolute Gasteiger partial charge is 0.293 e. The average molecular weight is 244 g/mol. The van der Waals surface area contributed by atoms with Crippen molar-refractivity contribution in [3.05, 3.63) is 22.7 Å². The van der Waals surface area contributed by atoms with Crippen LogP contribution in [0.3, 0.4) is 0 Å². The van der Waals surface area contributed by atoms with Crippen molar-refractivity contribution < 1.29 is 0 Å². The lowest BCUT2D eigenvalue weighted by molar-refractivity contribution is 0.712. The van der Waals surface area contributed by atoms with Crippen molar-refractivity contribution in [3.8, 4) is 0 Å². The molecule has 0 spiro atoms. The summed E-state index contributed by atoms with van der Waals surface area (Å²) in [6, 6.07) is 0. The molecule has 1 heterocycles. The van der Waals surface area contributed by atoms with Crippen LogP contribution in [0, 0.1) is 0 Å². The van der Waals surface area contributed by atoms with Crippen LogP contribution in [0.1, 0.15) is 26.7 Å². The Kier molecular flexibility index (Phi) is 5.32. The van der Waals surface area contributed by atoms with E-state index in [-0.39, 0.29) is 10.9 Å². The molecule has 0 amide bonds. The molecule has 0 bridgehead atoms. The van der Waals surface area contributed by atoms with Crippen LogP contribution in [0.25, 0.3) is 0 Å². The van der Waals surface area contributed by atoms with Crippen LogP contribution in [0.15, 0.2) is 17.2 Å². The van der Waals surface area contributed by atoms with Gasteiger partial charge in [0.2, 0.25) is 0 Å². The Morgan fingerprint density at radius 1 is 1.56 bits per heavy atom. The second-order valence-corrected chi connectivity index (χ2v) is 4.25. The van der Waals surface area contributed by atoms with Crippen molar-refractivity contribution in [2.45, 2.75) is 38.6 Å². The minimum atomic E-state index is -0.0923. The second-order valence-electron chi connectivity index (χ2n) is 3.63. The lowest BCUT2D eigenvalue weighted by Crippen LogP contribution is -2.26. The van der Waals surface area contributed by atoms with E-state index in [1.54, 1.807) is 17.0 Å².